The number of halogens is 3. The van der Waals surface area contributed by atoms with Crippen LogP contribution in [0.3, 0.4) is 0 Å². The van der Waals surface area contributed by atoms with E-state index in [9.17, 15) is 8.78 Å². The summed E-state index contributed by atoms with van der Waals surface area (Å²) < 4.78 is 39.5. The largest absolute Gasteiger partial charge is 0.486 e. The molecule has 1 aromatic heterocycles. The van der Waals surface area contributed by atoms with Crippen LogP contribution >= 0.6 is 11.6 Å². The van der Waals surface area contributed by atoms with E-state index in [4.69, 9.17) is 21.1 Å². The van der Waals surface area contributed by atoms with Crippen molar-refractivity contribution in [3.8, 4) is 11.5 Å². The molecule has 0 unspecified atom stereocenters. The van der Waals surface area contributed by atoms with Crippen molar-refractivity contribution < 1.29 is 18.3 Å². The van der Waals surface area contributed by atoms with E-state index in [1.807, 2.05) is 0 Å². The van der Waals surface area contributed by atoms with E-state index in [0.717, 1.165) is 45.3 Å². The summed E-state index contributed by atoms with van der Waals surface area (Å²) in [7, 11) is 0. The van der Waals surface area contributed by atoms with Gasteiger partial charge in [0.25, 0.3) is 0 Å². The minimum Gasteiger partial charge on any atom is -0.486 e. The predicted molar refractivity (Wildman–Crippen MR) is 139 cm³/mol. The third-order valence-electron chi connectivity index (χ3n) is 6.39. The average molecular weight is 531 g/mol. The minimum absolute atomic E-state index is 0.0836. The molecule has 5 rings (SSSR count). The van der Waals surface area contributed by atoms with Gasteiger partial charge in [-0.2, -0.15) is 4.98 Å². The maximum Gasteiger partial charge on any atom is 0.224 e. The van der Waals surface area contributed by atoms with Crippen molar-refractivity contribution in [2.75, 3.05) is 63.1 Å². The number of rotatable bonds is 9. The summed E-state index contributed by atoms with van der Waals surface area (Å²) in [5, 5.41) is 6.63. The van der Waals surface area contributed by atoms with Gasteiger partial charge < -0.3 is 25.0 Å². The van der Waals surface area contributed by atoms with Gasteiger partial charge in [-0.05, 0) is 37.2 Å². The lowest BCUT2D eigenvalue weighted by Gasteiger charge is -2.34. The van der Waals surface area contributed by atoms with Crippen LogP contribution in [0.5, 0.6) is 11.5 Å². The molecule has 0 spiro atoms. The highest BCUT2D eigenvalue weighted by Gasteiger charge is 2.19. The maximum atomic E-state index is 14.3. The molecule has 2 aliphatic rings. The van der Waals surface area contributed by atoms with Gasteiger partial charge in [0.1, 0.15) is 19.0 Å². The molecule has 3 heterocycles. The zero-order chi connectivity index (χ0) is 25.6. The monoisotopic (exact) mass is 530 g/mol. The fraction of sp³-hybridized carbons (Fsp3) is 0.385. The lowest BCUT2D eigenvalue weighted by Crippen LogP contribution is -2.46. The van der Waals surface area contributed by atoms with Gasteiger partial charge >= 0.3 is 0 Å². The van der Waals surface area contributed by atoms with E-state index in [0.29, 0.717) is 60.0 Å². The van der Waals surface area contributed by atoms with E-state index in [1.165, 1.54) is 6.07 Å². The molecule has 1 fully saturated rings. The van der Waals surface area contributed by atoms with Crippen LogP contribution in [0.15, 0.2) is 42.6 Å². The fourth-order valence-electron chi connectivity index (χ4n) is 4.38. The molecule has 0 saturated carbocycles. The van der Waals surface area contributed by atoms with Gasteiger partial charge in [-0.25, -0.2) is 13.8 Å². The Morgan fingerprint density at radius 2 is 1.73 bits per heavy atom. The number of nitrogens with one attached hydrogen (secondary N) is 2. The SMILES string of the molecule is Fc1cnc(NCCCN2CCN(Cc3c(F)cccc3Cl)CC2)nc1Nc1ccc2c(c1)OCCO2. The standard InChI is InChI=1S/C26H29ClF2N6O2/c27-20-3-1-4-21(28)19(20)17-35-11-9-34(10-12-35)8-2-7-30-26-31-16-22(29)25(33-26)32-18-5-6-23-24(15-18)37-14-13-36-23/h1,3-6,15-16H,2,7-14,17H2,(H2,30,31,32,33). The number of hydrogen-bond acceptors (Lipinski definition) is 8. The van der Waals surface area contributed by atoms with Gasteiger partial charge in [0.2, 0.25) is 5.95 Å². The lowest BCUT2D eigenvalue weighted by molar-refractivity contribution is 0.126. The Morgan fingerprint density at radius 3 is 2.54 bits per heavy atom. The van der Waals surface area contributed by atoms with Crippen molar-refractivity contribution in [1.82, 2.24) is 19.8 Å². The number of ether oxygens (including phenoxy) is 2. The van der Waals surface area contributed by atoms with Crippen molar-refractivity contribution >= 4 is 29.1 Å². The number of benzene rings is 2. The summed E-state index contributed by atoms with van der Waals surface area (Å²) in [6.07, 6.45) is 2.03. The van der Waals surface area contributed by atoms with E-state index in [-0.39, 0.29) is 11.6 Å². The molecular weight excluding hydrogens is 502 g/mol. The van der Waals surface area contributed by atoms with Gasteiger partial charge in [-0.15, -0.1) is 0 Å². The molecule has 2 N–H and O–H groups in total. The Kier molecular flexibility index (Phi) is 8.18. The van der Waals surface area contributed by atoms with E-state index in [1.54, 1.807) is 30.3 Å². The summed E-state index contributed by atoms with van der Waals surface area (Å²) >= 11 is 6.17. The first-order valence-corrected chi connectivity index (χ1v) is 12.7. The van der Waals surface area contributed by atoms with Crippen LogP contribution in [0.4, 0.5) is 26.2 Å². The molecule has 37 heavy (non-hydrogen) atoms. The number of hydrogen-bond donors (Lipinski definition) is 2. The van der Waals surface area contributed by atoms with Gasteiger partial charge in [0.15, 0.2) is 23.1 Å². The second kappa shape index (κ2) is 11.9. The van der Waals surface area contributed by atoms with E-state index >= 15 is 0 Å². The summed E-state index contributed by atoms with van der Waals surface area (Å²) in [5.74, 6) is 0.913. The van der Waals surface area contributed by atoms with Gasteiger partial charge in [-0.1, -0.05) is 17.7 Å². The van der Waals surface area contributed by atoms with Crippen LogP contribution in [0.1, 0.15) is 12.0 Å². The van der Waals surface area contributed by atoms with Crippen LogP contribution in [0.2, 0.25) is 5.02 Å². The molecule has 0 bridgehead atoms. The van der Waals surface area contributed by atoms with Crippen molar-refractivity contribution in [3.63, 3.8) is 0 Å². The molecule has 196 valence electrons. The Bertz CT molecular complexity index is 1210. The average Bonchev–Trinajstić information content (AvgIpc) is 2.91. The molecule has 2 aromatic carbocycles. The highest BCUT2D eigenvalue weighted by Crippen LogP contribution is 2.33. The molecule has 3 aromatic rings. The Labute approximate surface area is 219 Å². The molecule has 0 radical (unpaired) electrons. The van der Waals surface area contributed by atoms with Crippen LogP contribution < -0.4 is 20.1 Å². The van der Waals surface area contributed by atoms with Crippen molar-refractivity contribution in [2.45, 2.75) is 13.0 Å². The second-order valence-corrected chi connectivity index (χ2v) is 9.38. The normalized spacial score (nSPS) is 16.0. The van der Waals surface area contributed by atoms with E-state index < -0.39 is 5.82 Å². The molecule has 8 nitrogen and oxygen atoms in total. The Morgan fingerprint density at radius 1 is 0.946 bits per heavy atom. The number of anilines is 3. The van der Waals surface area contributed by atoms with Crippen molar-refractivity contribution in [3.05, 3.63) is 64.8 Å². The molecular formula is C26H29ClF2N6O2. The van der Waals surface area contributed by atoms with Crippen LogP contribution in [-0.2, 0) is 6.54 Å². The molecule has 1 saturated heterocycles. The van der Waals surface area contributed by atoms with E-state index in [2.05, 4.69) is 30.4 Å². The zero-order valence-corrected chi connectivity index (χ0v) is 21.1. The number of piperazine rings is 1. The topological polar surface area (TPSA) is 74.8 Å². The number of aromatic nitrogens is 2. The molecule has 11 heteroatoms. The smallest absolute Gasteiger partial charge is 0.224 e. The van der Waals surface area contributed by atoms with Gasteiger partial charge in [-0.3, -0.25) is 4.90 Å². The molecule has 0 aliphatic carbocycles. The number of fused-ring (bicyclic) bond motifs is 1. The lowest BCUT2D eigenvalue weighted by atomic mass is 10.2. The first kappa shape index (κ1) is 25.4. The van der Waals surface area contributed by atoms with Crippen molar-refractivity contribution in [1.29, 1.82) is 0 Å². The minimum atomic E-state index is -0.546. The fourth-order valence-corrected chi connectivity index (χ4v) is 4.60. The predicted octanol–water partition coefficient (Wildman–Crippen LogP) is 4.54. The first-order chi connectivity index (χ1) is 18.0. The third kappa shape index (κ3) is 6.57. The Hall–Kier alpha value is -3.21. The van der Waals surface area contributed by atoms with Crippen LogP contribution in [-0.4, -0.2) is 72.3 Å². The van der Waals surface area contributed by atoms with Crippen LogP contribution in [0.25, 0.3) is 0 Å². The second-order valence-electron chi connectivity index (χ2n) is 8.97. The first-order valence-electron chi connectivity index (χ1n) is 12.4. The third-order valence-corrected chi connectivity index (χ3v) is 6.75. The van der Waals surface area contributed by atoms with Gasteiger partial charge in [0.05, 0.1) is 6.20 Å². The van der Waals surface area contributed by atoms with Gasteiger partial charge in [0, 0.05) is 61.6 Å². The number of nitrogens with zero attached hydrogens (tertiary/aromatic N) is 4. The highest BCUT2D eigenvalue weighted by atomic mass is 35.5. The molecule has 0 amide bonds. The van der Waals surface area contributed by atoms with Crippen molar-refractivity contribution in [2.24, 2.45) is 0 Å². The maximum absolute atomic E-state index is 14.3. The summed E-state index contributed by atoms with van der Waals surface area (Å²) in [6.45, 7) is 6.59. The quantitative estimate of drug-likeness (QED) is 0.391. The molecule has 2 aliphatic heterocycles. The van der Waals surface area contributed by atoms with Crippen LogP contribution in [0, 0.1) is 11.6 Å². The Balaban J connectivity index is 1.06. The summed E-state index contributed by atoms with van der Waals surface area (Å²) in [6, 6.07) is 10.1. The summed E-state index contributed by atoms with van der Waals surface area (Å²) in [5.41, 5.74) is 1.20. The zero-order valence-electron chi connectivity index (χ0n) is 20.4. The summed E-state index contributed by atoms with van der Waals surface area (Å²) in [4.78, 5) is 12.9. The molecule has 0 atom stereocenters. The highest BCUT2D eigenvalue weighted by molar-refractivity contribution is 6.31.